The van der Waals surface area contributed by atoms with Gasteiger partial charge in [-0.05, 0) is 31.0 Å². The van der Waals surface area contributed by atoms with Gasteiger partial charge in [-0.3, -0.25) is 14.4 Å². The van der Waals surface area contributed by atoms with Gasteiger partial charge in [0.1, 0.15) is 17.8 Å². The third-order valence-electron chi connectivity index (χ3n) is 4.65. The molecule has 0 aromatic heterocycles. The topological polar surface area (TPSA) is 149 Å². The van der Waals surface area contributed by atoms with Crippen LogP contribution in [0.1, 0.15) is 18.9 Å². The Balaban J connectivity index is 2.16. The molecular formula is C22H29N5O5. The minimum absolute atomic E-state index is 0.0865. The number of rotatable bonds is 5. The van der Waals surface area contributed by atoms with E-state index in [9.17, 15) is 24.3 Å². The molecule has 1 unspecified atom stereocenters. The second kappa shape index (κ2) is 12.1. The maximum Gasteiger partial charge on any atom is 0.315 e. The van der Waals surface area contributed by atoms with E-state index < -0.39 is 36.0 Å². The summed E-state index contributed by atoms with van der Waals surface area (Å²) in [5, 5.41) is 22.5. The number of carbonyl (C=O) groups excluding carboxylic acids is 4. The molecule has 0 fully saturated rings. The van der Waals surface area contributed by atoms with E-state index in [1.165, 1.54) is 25.3 Å². The normalized spacial score (nSPS) is 22.1. The van der Waals surface area contributed by atoms with Crippen LogP contribution in [0.2, 0.25) is 0 Å². The van der Waals surface area contributed by atoms with E-state index in [2.05, 4.69) is 26.6 Å². The van der Waals surface area contributed by atoms with Crippen LogP contribution in [0, 0.1) is 0 Å². The van der Waals surface area contributed by atoms with Gasteiger partial charge in [-0.25, -0.2) is 4.79 Å². The van der Waals surface area contributed by atoms with Crippen molar-refractivity contribution in [1.82, 2.24) is 26.6 Å². The number of hydrogen-bond acceptors (Lipinski definition) is 5. The number of aromatic hydroxyl groups is 1. The molecule has 1 heterocycles. The summed E-state index contributed by atoms with van der Waals surface area (Å²) < 4.78 is 0. The van der Waals surface area contributed by atoms with Crippen molar-refractivity contribution in [2.75, 3.05) is 13.6 Å². The molecule has 1 aliphatic rings. The van der Waals surface area contributed by atoms with E-state index in [0.717, 1.165) is 0 Å². The number of phenolic OH excluding ortho intramolecular Hbond substituents is 1. The lowest BCUT2D eigenvalue weighted by molar-refractivity contribution is -0.129. The van der Waals surface area contributed by atoms with Gasteiger partial charge < -0.3 is 31.7 Å². The van der Waals surface area contributed by atoms with Crippen LogP contribution in [0.5, 0.6) is 5.75 Å². The number of amides is 5. The number of nitrogens with one attached hydrogen (secondary N) is 5. The Kier molecular flexibility index (Phi) is 9.27. The Hall–Kier alpha value is -3.82. The van der Waals surface area contributed by atoms with Crippen molar-refractivity contribution in [3.8, 4) is 5.75 Å². The standard InChI is InChI=1S/C22H29N5O5/c1-14-6-11-19(29)24-12-4-3-5-17(20(30)25-14)26-21(31)18(27-22(32)23-2)13-15-7-9-16(28)10-8-15/h3,5-11,14,17-18,28H,4,12-13H2,1-2H3,(H,24,29)(H,25,30)(H,26,31)(H2,23,27,32)/b5-3+,11-6+/t14-,17-,18?/m0/s1. The van der Waals surface area contributed by atoms with Gasteiger partial charge in [-0.2, -0.15) is 0 Å². The third kappa shape index (κ3) is 8.13. The predicted octanol–water partition coefficient (Wildman–Crippen LogP) is -0.146. The second-order valence-electron chi connectivity index (χ2n) is 7.30. The third-order valence-corrected chi connectivity index (χ3v) is 4.65. The molecule has 0 spiro atoms. The predicted molar refractivity (Wildman–Crippen MR) is 119 cm³/mol. The van der Waals surface area contributed by atoms with E-state index in [4.69, 9.17) is 0 Å². The maximum atomic E-state index is 13.0. The molecule has 10 heteroatoms. The average Bonchev–Trinajstić information content (AvgIpc) is 2.76. The lowest BCUT2D eigenvalue weighted by atomic mass is 10.0. The molecule has 1 aromatic rings. The largest absolute Gasteiger partial charge is 0.508 e. The summed E-state index contributed by atoms with van der Waals surface area (Å²) in [7, 11) is 1.43. The lowest BCUT2D eigenvalue weighted by Gasteiger charge is -2.22. The van der Waals surface area contributed by atoms with Crippen LogP contribution in [-0.2, 0) is 20.8 Å². The van der Waals surface area contributed by atoms with Crippen molar-refractivity contribution in [3.63, 3.8) is 0 Å². The first kappa shape index (κ1) is 24.4. The number of carbonyl (C=O) groups is 4. The lowest BCUT2D eigenvalue weighted by Crippen LogP contribution is -2.55. The van der Waals surface area contributed by atoms with Crippen LogP contribution in [0.4, 0.5) is 4.79 Å². The molecule has 3 atom stereocenters. The summed E-state index contributed by atoms with van der Waals surface area (Å²) in [5.41, 5.74) is 0.715. The Labute approximate surface area is 186 Å². The Morgan fingerprint density at radius 1 is 1.19 bits per heavy atom. The molecule has 32 heavy (non-hydrogen) atoms. The van der Waals surface area contributed by atoms with Crippen molar-refractivity contribution < 1.29 is 24.3 Å². The smallest absolute Gasteiger partial charge is 0.315 e. The molecular weight excluding hydrogens is 414 g/mol. The minimum atomic E-state index is -0.970. The fraction of sp³-hybridized carbons (Fsp3) is 0.364. The number of hydrogen-bond donors (Lipinski definition) is 6. The zero-order valence-electron chi connectivity index (χ0n) is 18.1. The van der Waals surface area contributed by atoms with E-state index in [1.54, 1.807) is 37.3 Å². The summed E-state index contributed by atoms with van der Waals surface area (Å²) in [6.07, 6.45) is 6.78. The van der Waals surface area contributed by atoms with Gasteiger partial charge in [0, 0.05) is 32.1 Å². The SMILES string of the molecule is CNC(=O)NC(Cc1ccc(O)cc1)C(=O)N[C@H]1/C=C/CCNC(=O)/C=C/[C@H](C)NC1=O. The molecule has 1 aliphatic heterocycles. The quantitative estimate of drug-likeness (QED) is 0.350. The van der Waals surface area contributed by atoms with Crippen LogP contribution in [-0.4, -0.2) is 60.6 Å². The zero-order chi connectivity index (χ0) is 23.5. The van der Waals surface area contributed by atoms with Crippen molar-refractivity contribution in [2.45, 2.75) is 37.9 Å². The average molecular weight is 444 g/mol. The molecule has 10 nitrogen and oxygen atoms in total. The molecule has 0 saturated heterocycles. The van der Waals surface area contributed by atoms with Gasteiger partial charge in [0.2, 0.25) is 17.7 Å². The first-order valence-electron chi connectivity index (χ1n) is 10.3. The molecule has 0 bridgehead atoms. The van der Waals surface area contributed by atoms with Crippen LogP contribution < -0.4 is 26.6 Å². The zero-order valence-corrected chi connectivity index (χ0v) is 18.1. The second-order valence-corrected chi connectivity index (χ2v) is 7.30. The number of urea groups is 1. The van der Waals surface area contributed by atoms with Gasteiger partial charge in [-0.1, -0.05) is 30.4 Å². The van der Waals surface area contributed by atoms with Gasteiger partial charge in [-0.15, -0.1) is 0 Å². The van der Waals surface area contributed by atoms with E-state index in [-0.39, 0.29) is 18.1 Å². The molecule has 0 saturated carbocycles. The summed E-state index contributed by atoms with van der Waals surface area (Å²) >= 11 is 0. The van der Waals surface area contributed by atoms with Crippen molar-refractivity contribution in [2.24, 2.45) is 0 Å². The minimum Gasteiger partial charge on any atom is -0.508 e. The Morgan fingerprint density at radius 2 is 1.91 bits per heavy atom. The molecule has 2 rings (SSSR count). The van der Waals surface area contributed by atoms with Crippen LogP contribution in [0.25, 0.3) is 0 Å². The molecule has 5 amide bonds. The van der Waals surface area contributed by atoms with E-state index in [1.807, 2.05) is 0 Å². The van der Waals surface area contributed by atoms with E-state index in [0.29, 0.717) is 18.5 Å². The number of benzene rings is 1. The summed E-state index contributed by atoms with van der Waals surface area (Å²) in [5.74, 6) is -1.16. The molecule has 6 N–H and O–H groups in total. The maximum absolute atomic E-state index is 13.0. The Morgan fingerprint density at radius 3 is 2.59 bits per heavy atom. The highest BCUT2D eigenvalue weighted by molar-refractivity contribution is 5.93. The summed E-state index contributed by atoms with van der Waals surface area (Å²) in [6.45, 7) is 2.09. The number of phenols is 1. The fourth-order valence-corrected chi connectivity index (χ4v) is 2.93. The highest BCUT2D eigenvalue weighted by Crippen LogP contribution is 2.11. The van der Waals surface area contributed by atoms with Crippen LogP contribution in [0.15, 0.2) is 48.6 Å². The van der Waals surface area contributed by atoms with Crippen LogP contribution in [0.3, 0.4) is 0 Å². The Bertz CT molecular complexity index is 881. The van der Waals surface area contributed by atoms with Crippen molar-refractivity contribution in [1.29, 1.82) is 0 Å². The summed E-state index contributed by atoms with van der Waals surface area (Å²) in [4.78, 5) is 49.2. The fourth-order valence-electron chi connectivity index (χ4n) is 2.93. The highest BCUT2D eigenvalue weighted by Gasteiger charge is 2.26. The van der Waals surface area contributed by atoms with Crippen LogP contribution >= 0.6 is 0 Å². The first-order chi connectivity index (χ1) is 15.3. The van der Waals surface area contributed by atoms with Gasteiger partial charge in [0.25, 0.3) is 0 Å². The van der Waals surface area contributed by atoms with Gasteiger partial charge in [0.15, 0.2) is 0 Å². The summed E-state index contributed by atoms with van der Waals surface area (Å²) in [6, 6.07) is 3.36. The molecule has 172 valence electrons. The molecule has 1 aromatic carbocycles. The van der Waals surface area contributed by atoms with Crippen molar-refractivity contribution >= 4 is 23.8 Å². The molecule has 0 aliphatic carbocycles. The van der Waals surface area contributed by atoms with Crippen molar-refractivity contribution in [3.05, 3.63) is 54.1 Å². The first-order valence-corrected chi connectivity index (χ1v) is 10.3. The van der Waals surface area contributed by atoms with Gasteiger partial charge >= 0.3 is 6.03 Å². The monoisotopic (exact) mass is 443 g/mol. The van der Waals surface area contributed by atoms with E-state index >= 15 is 0 Å². The van der Waals surface area contributed by atoms with Gasteiger partial charge in [0.05, 0.1) is 0 Å². The molecule has 0 radical (unpaired) electrons. The highest BCUT2D eigenvalue weighted by atomic mass is 16.3.